The van der Waals surface area contributed by atoms with Crippen molar-refractivity contribution in [3.8, 4) is 11.8 Å². The second-order valence-electron chi connectivity index (χ2n) is 5.20. The first-order valence-corrected chi connectivity index (χ1v) is 8.22. The SMILES string of the molecule is C[C@@H](OC(=O)COc1ccc(C#N)cc1)C(=O)Nc1cc(Cl)cc(Cl)c1. The van der Waals surface area contributed by atoms with E-state index in [0.29, 0.717) is 27.0 Å². The second kappa shape index (κ2) is 9.09. The van der Waals surface area contributed by atoms with E-state index in [-0.39, 0.29) is 6.61 Å². The molecular formula is C18H14Cl2N2O4. The summed E-state index contributed by atoms with van der Waals surface area (Å²) < 4.78 is 10.3. The molecule has 6 nitrogen and oxygen atoms in total. The van der Waals surface area contributed by atoms with Crippen molar-refractivity contribution in [2.45, 2.75) is 13.0 Å². The molecule has 0 fully saturated rings. The maximum absolute atomic E-state index is 12.1. The van der Waals surface area contributed by atoms with Gasteiger partial charge in [0.1, 0.15) is 5.75 Å². The number of hydrogen-bond acceptors (Lipinski definition) is 5. The van der Waals surface area contributed by atoms with Crippen LogP contribution in [0.1, 0.15) is 12.5 Å². The van der Waals surface area contributed by atoms with Gasteiger partial charge in [-0.05, 0) is 49.4 Å². The molecule has 1 atom stereocenters. The van der Waals surface area contributed by atoms with Crippen molar-refractivity contribution < 1.29 is 19.1 Å². The fourth-order valence-electron chi connectivity index (χ4n) is 1.92. The van der Waals surface area contributed by atoms with Crippen LogP contribution in [0.25, 0.3) is 0 Å². The van der Waals surface area contributed by atoms with Crippen molar-refractivity contribution >= 4 is 40.8 Å². The molecule has 0 heterocycles. The fourth-order valence-corrected chi connectivity index (χ4v) is 2.45. The van der Waals surface area contributed by atoms with Crippen molar-refractivity contribution in [2.24, 2.45) is 0 Å². The number of anilines is 1. The molecule has 2 aromatic rings. The number of nitriles is 1. The summed E-state index contributed by atoms with van der Waals surface area (Å²) in [7, 11) is 0. The number of carbonyl (C=O) groups excluding carboxylic acids is 2. The summed E-state index contributed by atoms with van der Waals surface area (Å²) in [6, 6.07) is 12.8. The molecule has 0 aromatic heterocycles. The predicted molar refractivity (Wildman–Crippen MR) is 97.3 cm³/mol. The maximum atomic E-state index is 12.1. The average Bonchev–Trinajstić information content (AvgIpc) is 2.59. The Hall–Kier alpha value is -2.75. The van der Waals surface area contributed by atoms with Gasteiger partial charge in [0.15, 0.2) is 12.7 Å². The molecule has 0 saturated carbocycles. The third-order valence-corrected chi connectivity index (χ3v) is 3.58. The number of nitrogens with one attached hydrogen (secondary N) is 1. The van der Waals surface area contributed by atoms with Crippen LogP contribution in [0.2, 0.25) is 10.0 Å². The van der Waals surface area contributed by atoms with Gasteiger partial charge >= 0.3 is 5.97 Å². The van der Waals surface area contributed by atoms with E-state index in [4.69, 9.17) is 37.9 Å². The highest BCUT2D eigenvalue weighted by Gasteiger charge is 2.18. The third kappa shape index (κ3) is 5.96. The second-order valence-corrected chi connectivity index (χ2v) is 6.08. The fraction of sp³-hybridized carbons (Fsp3) is 0.167. The first-order valence-electron chi connectivity index (χ1n) is 7.47. The molecule has 0 unspecified atom stereocenters. The Morgan fingerprint density at radius 3 is 2.35 bits per heavy atom. The molecule has 0 aliphatic carbocycles. The topological polar surface area (TPSA) is 88.4 Å². The molecule has 2 rings (SSSR count). The van der Waals surface area contributed by atoms with Crippen LogP contribution in [0.3, 0.4) is 0 Å². The minimum absolute atomic E-state index is 0.369. The van der Waals surface area contributed by atoms with Crippen molar-refractivity contribution in [1.29, 1.82) is 5.26 Å². The number of hydrogen-bond donors (Lipinski definition) is 1. The summed E-state index contributed by atoms with van der Waals surface area (Å²) in [6.07, 6.45) is -1.04. The van der Waals surface area contributed by atoms with Gasteiger partial charge < -0.3 is 14.8 Å². The van der Waals surface area contributed by atoms with E-state index in [2.05, 4.69) is 5.32 Å². The normalized spacial score (nSPS) is 11.2. The Morgan fingerprint density at radius 1 is 1.15 bits per heavy atom. The van der Waals surface area contributed by atoms with Crippen LogP contribution in [0.15, 0.2) is 42.5 Å². The number of nitrogens with zero attached hydrogens (tertiary/aromatic N) is 1. The standard InChI is InChI=1S/C18H14Cl2N2O4/c1-11(18(24)22-15-7-13(19)6-14(20)8-15)26-17(23)10-25-16-4-2-12(9-21)3-5-16/h2-8,11H,10H2,1H3,(H,22,24)/t11-/m1/s1. The Balaban J connectivity index is 1.83. The lowest BCUT2D eigenvalue weighted by Crippen LogP contribution is -2.31. The molecule has 0 aliphatic rings. The summed E-state index contributed by atoms with van der Waals surface area (Å²) in [5.41, 5.74) is 0.871. The van der Waals surface area contributed by atoms with Gasteiger partial charge in [-0.3, -0.25) is 4.79 Å². The molecule has 1 N–H and O–H groups in total. The van der Waals surface area contributed by atoms with Crippen molar-refractivity contribution in [3.63, 3.8) is 0 Å². The number of esters is 1. The van der Waals surface area contributed by atoms with Gasteiger partial charge in [-0.15, -0.1) is 0 Å². The third-order valence-electron chi connectivity index (χ3n) is 3.15. The van der Waals surface area contributed by atoms with Gasteiger partial charge in [0.05, 0.1) is 11.6 Å². The number of ether oxygens (including phenoxy) is 2. The highest BCUT2D eigenvalue weighted by atomic mass is 35.5. The number of halogens is 2. The first kappa shape index (κ1) is 19.6. The van der Waals surface area contributed by atoms with Crippen LogP contribution >= 0.6 is 23.2 Å². The summed E-state index contributed by atoms with van der Waals surface area (Å²) in [5.74, 6) is -0.831. The molecule has 0 aliphatic heterocycles. The smallest absolute Gasteiger partial charge is 0.344 e. The number of amides is 1. The quantitative estimate of drug-likeness (QED) is 0.754. The van der Waals surface area contributed by atoms with Gasteiger partial charge in [0.2, 0.25) is 0 Å². The van der Waals surface area contributed by atoms with Crippen LogP contribution < -0.4 is 10.1 Å². The minimum atomic E-state index is -1.04. The molecular weight excluding hydrogens is 379 g/mol. The summed E-state index contributed by atoms with van der Waals surface area (Å²) in [4.78, 5) is 23.9. The van der Waals surface area contributed by atoms with E-state index in [1.807, 2.05) is 6.07 Å². The Kier molecular flexibility index (Phi) is 6.84. The van der Waals surface area contributed by atoms with Crippen LogP contribution in [0.5, 0.6) is 5.75 Å². The Labute approximate surface area is 160 Å². The summed E-state index contributed by atoms with van der Waals surface area (Å²) >= 11 is 11.7. The monoisotopic (exact) mass is 392 g/mol. The van der Waals surface area contributed by atoms with E-state index in [9.17, 15) is 9.59 Å². The summed E-state index contributed by atoms with van der Waals surface area (Å²) in [6.45, 7) is 1.06. The van der Waals surface area contributed by atoms with E-state index in [0.717, 1.165) is 0 Å². The van der Waals surface area contributed by atoms with Crippen LogP contribution in [-0.4, -0.2) is 24.6 Å². The lowest BCUT2D eigenvalue weighted by atomic mass is 10.2. The number of rotatable bonds is 6. The largest absolute Gasteiger partial charge is 0.482 e. The molecule has 0 spiro atoms. The molecule has 134 valence electrons. The predicted octanol–water partition coefficient (Wildman–Crippen LogP) is 3.81. The Morgan fingerprint density at radius 2 is 1.77 bits per heavy atom. The van der Waals surface area contributed by atoms with Crippen molar-refractivity contribution in [3.05, 3.63) is 58.1 Å². The molecule has 2 aromatic carbocycles. The van der Waals surface area contributed by atoms with Gasteiger partial charge in [-0.2, -0.15) is 5.26 Å². The zero-order valence-electron chi connectivity index (χ0n) is 13.7. The summed E-state index contributed by atoms with van der Waals surface area (Å²) in [5, 5.41) is 12.0. The lowest BCUT2D eigenvalue weighted by molar-refractivity contribution is -0.155. The van der Waals surface area contributed by atoms with Crippen LogP contribution in [-0.2, 0) is 14.3 Å². The minimum Gasteiger partial charge on any atom is -0.482 e. The van der Waals surface area contributed by atoms with Crippen LogP contribution in [0.4, 0.5) is 5.69 Å². The number of carbonyl (C=O) groups is 2. The van der Waals surface area contributed by atoms with E-state index < -0.39 is 18.0 Å². The lowest BCUT2D eigenvalue weighted by Gasteiger charge is -2.14. The van der Waals surface area contributed by atoms with Gasteiger partial charge in [0.25, 0.3) is 5.91 Å². The van der Waals surface area contributed by atoms with E-state index in [1.54, 1.807) is 24.3 Å². The molecule has 1 amide bonds. The highest BCUT2D eigenvalue weighted by molar-refractivity contribution is 6.35. The van der Waals surface area contributed by atoms with E-state index in [1.165, 1.54) is 25.1 Å². The molecule has 0 bridgehead atoms. The number of benzene rings is 2. The van der Waals surface area contributed by atoms with Gasteiger partial charge in [-0.1, -0.05) is 23.2 Å². The molecule has 8 heteroatoms. The first-order chi connectivity index (χ1) is 12.4. The Bertz CT molecular complexity index is 827. The van der Waals surface area contributed by atoms with Crippen LogP contribution in [0, 0.1) is 11.3 Å². The van der Waals surface area contributed by atoms with Gasteiger partial charge in [-0.25, -0.2) is 4.79 Å². The van der Waals surface area contributed by atoms with Gasteiger partial charge in [0, 0.05) is 15.7 Å². The van der Waals surface area contributed by atoms with E-state index >= 15 is 0 Å². The molecule has 0 radical (unpaired) electrons. The average molecular weight is 393 g/mol. The zero-order chi connectivity index (χ0) is 19.1. The molecule has 0 saturated heterocycles. The zero-order valence-corrected chi connectivity index (χ0v) is 15.2. The maximum Gasteiger partial charge on any atom is 0.344 e. The molecule has 26 heavy (non-hydrogen) atoms. The van der Waals surface area contributed by atoms with Crippen molar-refractivity contribution in [1.82, 2.24) is 0 Å². The van der Waals surface area contributed by atoms with Crippen molar-refractivity contribution in [2.75, 3.05) is 11.9 Å². The highest BCUT2D eigenvalue weighted by Crippen LogP contribution is 2.22.